The summed E-state index contributed by atoms with van der Waals surface area (Å²) in [6.07, 6.45) is 2.37. The molecule has 4 rings (SSSR count). The highest BCUT2D eigenvalue weighted by atomic mass is 32.1. The van der Waals surface area contributed by atoms with Gasteiger partial charge in [0.05, 0.1) is 0 Å². The van der Waals surface area contributed by atoms with Crippen LogP contribution >= 0.6 is 11.3 Å². The highest BCUT2D eigenvalue weighted by Crippen LogP contribution is 2.39. The molecule has 29 heavy (non-hydrogen) atoms. The van der Waals surface area contributed by atoms with Crippen LogP contribution in [0.2, 0.25) is 0 Å². The van der Waals surface area contributed by atoms with Crippen molar-refractivity contribution >= 4 is 22.1 Å². The lowest BCUT2D eigenvalue weighted by atomic mass is 9.91. The van der Waals surface area contributed by atoms with Gasteiger partial charge in [-0.3, -0.25) is 0 Å². The Hall–Kier alpha value is -2.76. The quantitative estimate of drug-likeness (QED) is 0.359. The molecule has 1 aromatic heterocycles. The summed E-state index contributed by atoms with van der Waals surface area (Å²) in [7, 11) is 1.63. The van der Waals surface area contributed by atoms with Gasteiger partial charge in [-0.15, -0.1) is 11.3 Å². The van der Waals surface area contributed by atoms with Crippen LogP contribution in [0, 0.1) is 5.82 Å². The van der Waals surface area contributed by atoms with Crippen molar-refractivity contribution in [2.24, 2.45) is 0 Å². The molecule has 0 aliphatic rings. The summed E-state index contributed by atoms with van der Waals surface area (Å²) in [6, 6.07) is 19.1. The molecule has 0 spiro atoms. The van der Waals surface area contributed by atoms with Crippen LogP contribution in [-0.4, -0.2) is 12.1 Å². The van der Waals surface area contributed by atoms with Crippen LogP contribution in [0.5, 0.6) is 5.75 Å². The van der Waals surface area contributed by atoms with Crippen LogP contribution in [0.15, 0.2) is 72.2 Å². The third kappa shape index (κ3) is 3.88. The van der Waals surface area contributed by atoms with Gasteiger partial charge in [-0.05, 0) is 46.5 Å². The molecular formula is C24H22FNO2S. The molecule has 148 valence electrons. The van der Waals surface area contributed by atoms with Crippen LogP contribution < -0.4 is 4.74 Å². The Labute approximate surface area is 173 Å². The lowest BCUT2D eigenvalue weighted by molar-refractivity contribution is 0.0180. The topological polar surface area (TPSA) is 31.4 Å². The lowest BCUT2D eigenvalue weighted by Crippen LogP contribution is -2.29. The maximum Gasteiger partial charge on any atom is 0.144 e. The van der Waals surface area contributed by atoms with E-state index in [9.17, 15) is 4.39 Å². The zero-order chi connectivity index (χ0) is 20.3. The van der Waals surface area contributed by atoms with Crippen molar-refractivity contribution < 1.29 is 13.9 Å². The number of thiazole rings is 1. The third-order valence-corrected chi connectivity index (χ3v) is 6.10. The summed E-state index contributed by atoms with van der Waals surface area (Å²) in [5, 5.41) is 5.03. The summed E-state index contributed by atoms with van der Waals surface area (Å²) in [5.74, 6) is 0.113. The van der Waals surface area contributed by atoms with E-state index < -0.39 is 5.60 Å². The molecule has 0 unspecified atom stereocenters. The summed E-state index contributed by atoms with van der Waals surface area (Å²) < 4.78 is 26.3. The van der Waals surface area contributed by atoms with Crippen LogP contribution in [-0.2, 0) is 16.9 Å². The molecule has 0 saturated carbocycles. The smallest absolute Gasteiger partial charge is 0.144 e. The molecule has 5 heteroatoms. The van der Waals surface area contributed by atoms with E-state index >= 15 is 0 Å². The third-order valence-electron chi connectivity index (χ3n) is 5.18. The molecule has 0 bridgehead atoms. The minimum absolute atomic E-state index is 0.358. The number of ether oxygens (including phenoxy) is 2. The first-order chi connectivity index (χ1) is 14.1. The Bertz CT molecular complexity index is 1110. The molecule has 0 aliphatic heterocycles. The van der Waals surface area contributed by atoms with Crippen molar-refractivity contribution in [1.29, 1.82) is 0 Å². The van der Waals surface area contributed by atoms with Crippen molar-refractivity contribution in [2.45, 2.75) is 25.6 Å². The van der Waals surface area contributed by atoms with Crippen LogP contribution in [0.25, 0.3) is 10.8 Å². The molecule has 0 N–H and O–H groups in total. The molecule has 3 nitrogen and oxygen atoms in total. The van der Waals surface area contributed by atoms with Gasteiger partial charge < -0.3 is 9.47 Å². The van der Waals surface area contributed by atoms with E-state index in [1.54, 1.807) is 13.3 Å². The molecule has 4 aromatic rings. The summed E-state index contributed by atoms with van der Waals surface area (Å²) >= 11 is 1.50. The zero-order valence-corrected chi connectivity index (χ0v) is 17.2. The Balaban J connectivity index is 1.62. The van der Waals surface area contributed by atoms with Gasteiger partial charge in [0, 0.05) is 24.8 Å². The fraction of sp³-hybridized carbons (Fsp3) is 0.208. The van der Waals surface area contributed by atoms with Gasteiger partial charge in [0.15, 0.2) is 0 Å². The lowest BCUT2D eigenvalue weighted by Gasteiger charge is -2.30. The van der Waals surface area contributed by atoms with Crippen molar-refractivity contribution in [3.8, 4) is 5.75 Å². The summed E-state index contributed by atoms with van der Waals surface area (Å²) in [4.78, 5) is 4.42. The molecule has 0 fully saturated rings. The second-order valence-electron chi connectivity index (χ2n) is 6.87. The molecule has 0 saturated heterocycles. The summed E-state index contributed by atoms with van der Waals surface area (Å²) in [5.41, 5.74) is 0.936. The normalized spacial score (nSPS) is 13.3. The number of nitrogens with zero attached hydrogens (tertiary/aromatic N) is 1. The maximum atomic E-state index is 14.5. The zero-order valence-electron chi connectivity index (χ0n) is 16.4. The Morgan fingerprint density at radius 2 is 1.86 bits per heavy atom. The largest absolute Gasteiger partial charge is 0.489 e. The Kier molecular flexibility index (Phi) is 5.60. The predicted octanol–water partition coefficient (Wildman–Crippen LogP) is 6.31. The van der Waals surface area contributed by atoms with Gasteiger partial charge in [0.1, 0.15) is 28.8 Å². The van der Waals surface area contributed by atoms with Crippen LogP contribution in [0.4, 0.5) is 4.39 Å². The van der Waals surface area contributed by atoms with Gasteiger partial charge in [-0.25, -0.2) is 9.37 Å². The van der Waals surface area contributed by atoms with Crippen molar-refractivity contribution in [3.05, 3.63) is 94.2 Å². The molecule has 0 amide bonds. The number of hydrogen-bond donors (Lipinski definition) is 0. The van der Waals surface area contributed by atoms with Gasteiger partial charge in [0.2, 0.25) is 0 Å². The highest BCUT2D eigenvalue weighted by molar-refractivity contribution is 7.09. The van der Waals surface area contributed by atoms with Crippen molar-refractivity contribution in [2.75, 3.05) is 7.11 Å². The molecule has 0 aliphatic carbocycles. The Morgan fingerprint density at radius 3 is 2.59 bits per heavy atom. The summed E-state index contributed by atoms with van der Waals surface area (Å²) in [6.45, 7) is 2.36. The number of hydrogen-bond acceptors (Lipinski definition) is 4. The molecule has 3 aromatic carbocycles. The first kappa shape index (κ1) is 19.6. The van der Waals surface area contributed by atoms with Crippen molar-refractivity contribution in [3.63, 3.8) is 0 Å². The number of rotatable bonds is 7. The van der Waals surface area contributed by atoms with Crippen molar-refractivity contribution in [1.82, 2.24) is 4.98 Å². The number of methoxy groups -OCH3 is 1. The minimum atomic E-state index is -0.794. The van der Waals surface area contributed by atoms with Crippen LogP contribution in [0.3, 0.4) is 0 Å². The van der Waals surface area contributed by atoms with Gasteiger partial charge in [-0.1, -0.05) is 43.3 Å². The van der Waals surface area contributed by atoms with E-state index in [0.29, 0.717) is 24.3 Å². The molecule has 0 radical (unpaired) electrons. The van der Waals surface area contributed by atoms with Gasteiger partial charge in [-0.2, -0.15) is 0 Å². The van der Waals surface area contributed by atoms with E-state index in [2.05, 4.69) is 29.2 Å². The number of benzene rings is 3. The number of fused-ring (bicyclic) bond motifs is 1. The molecular weight excluding hydrogens is 385 g/mol. The van der Waals surface area contributed by atoms with E-state index in [1.807, 2.05) is 36.6 Å². The average Bonchev–Trinajstić information content (AvgIpc) is 3.28. The minimum Gasteiger partial charge on any atom is -0.489 e. The number of halogens is 1. The average molecular weight is 408 g/mol. The van der Waals surface area contributed by atoms with E-state index in [-0.39, 0.29) is 5.82 Å². The second kappa shape index (κ2) is 8.31. The SMILES string of the molecule is CC[C@](OC)(c1cc(F)cc(OCc2ccc3ccccc3c2)c1)c1nccs1. The first-order valence-electron chi connectivity index (χ1n) is 9.51. The van der Waals surface area contributed by atoms with Gasteiger partial charge >= 0.3 is 0 Å². The highest BCUT2D eigenvalue weighted by Gasteiger charge is 2.36. The molecule has 1 heterocycles. The Morgan fingerprint density at radius 1 is 1.03 bits per heavy atom. The van der Waals surface area contributed by atoms with Crippen LogP contribution in [0.1, 0.15) is 29.5 Å². The van der Waals surface area contributed by atoms with Gasteiger partial charge in [0.25, 0.3) is 0 Å². The fourth-order valence-electron chi connectivity index (χ4n) is 3.63. The fourth-order valence-corrected chi connectivity index (χ4v) is 4.53. The van der Waals surface area contributed by atoms with E-state index in [0.717, 1.165) is 16.0 Å². The molecule has 1 atom stereocenters. The van der Waals surface area contributed by atoms with E-state index in [4.69, 9.17) is 9.47 Å². The monoisotopic (exact) mass is 407 g/mol. The number of aromatic nitrogens is 1. The van der Waals surface area contributed by atoms with E-state index in [1.165, 1.54) is 28.9 Å². The maximum absolute atomic E-state index is 14.5. The standard InChI is InChI=1S/C24H22FNO2S/c1-3-24(27-2,23-26-10-11-29-23)20-13-21(25)15-22(14-20)28-16-17-8-9-18-6-4-5-7-19(18)12-17/h4-15H,3,16H2,1-2H3/t24-/m0/s1. The second-order valence-corrected chi connectivity index (χ2v) is 7.76. The predicted molar refractivity (Wildman–Crippen MR) is 115 cm³/mol. The first-order valence-corrected chi connectivity index (χ1v) is 10.4.